The Kier molecular flexibility index (Phi) is 5.81. The molecule has 34 heavy (non-hydrogen) atoms. The highest BCUT2D eigenvalue weighted by Gasteiger charge is 2.61. The molecule has 2 aromatic rings. The number of amides is 2. The van der Waals surface area contributed by atoms with E-state index in [9.17, 15) is 14.0 Å². The van der Waals surface area contributed by atoms with E-state index in [4.69, 9.17) is 16.3 Å². The van der Waals surface area contributed by atoms with Crippen molar-refractivity contribution in [3.8, 4) is 0 Å². The Hall–Kier alpha value is -2.98. The molecule has 9 nitrogen and oxygen atoms in total. The van der Waals surface area contributed by atoms with Gasteiger partial charge in [0.25, 0.3) is 5.91 Å². The van der Waals surface area contributed by atoms with Crippen molar-refractivity contribution in [1.82, 2.24) is 25.8 Å². The minimum Gasteiger partial charge on any atom is -0.434 e. The Bertz CT molecular complexity index is 1150. The molecule has 180 valence electrons. The fourth-order valence-electron chi connectivity index (χ4n) is 5.65. The Labute approximate surface area is 201 Å². The van der Waals surface area contributed by atoms with E-state index in [0.717, 1.165) is 18.5 Å². The third-order valence-corrected chi connectivity index (χ3v) is 7.27. The second kappa shape index (κ2) is 8.66. The number of carbonyl (C=O) groups is 2. The minimum atomic E-state index is -0.917. The first-order valence-corrected chi connectivity index (χ1v) is 11.7. The van der Waals surface area contributed by atoms with Gasteiger partial charge in [0, 0.05) is 48.8 Å². The van der Waals surface area contributed by atoms with Crippen LogP contribution in [-0.4, -0.2) is 64.1 Å². The summed E-state index contributed by atoms with van der Waals surface area (Å²) >= 11 is 6.37. The highest BCUT2D eigenvalue weighted by molar-refractivity contribution is 6.35. The minimum absolute atomic E-state index is 0.00550. The maximum atomic E-state index is 13.7. The average Bonchev–Trinajstić information content (AvgIpc) is 3.26. The average molecular weight is 489 g/mol. The molecule has 2 aliphatic heterocycles. The molecule has 1 aromatic carbocycles. The van der Waals surface area contributed by atoms with Crippen molar-refractivity contribution in [3.05, 3.63) is 52.1 Å². The summed E-state index contributed by atoms with van der Waals surface area (Å²) < 4.78 is 19.7. The number of aromatic nitrogens is 2. The SMILES string of the molecule is Cc1cc(C(=O)N[C@@H](C)CN2C[C@H]3CC[C@@H](C2)C32OC(=O)NN=C2c2ccc(F)cc2Cl)n[nH]1. The maximum Gasteiger partial charge on any atom is 0.428 e. The van der Waals surface area contributed by atoms with E-state index in [1.54, 1.807) is 12.1 Å². The number of likely N-dealkylation sites (tertiary alicyclic amines) is 1. The van der Waals surface area contributed by atoms with Crippen LogP contribution in [0.15, 0.2) is 29.4 Å². The van der Waals surface area contributed by atoms with Gasteiger partial charge in [-0.1, -0.05) is 11.6 Å². The number of H-pyrrole nitrogens is 1. The number of piperidine rings is 1. The quantitative estimate of drug-likeness (QED) is 0.599. The number of hydrogen-bond acceptors (Lipinski definition) is 6. The lowest BCUT2D eigenvalue weighted by molar-refractivity contribution is -0.0479. The number of aryl methyl sites for hydroxylation is 1. The zero-order valence-electron chi connectivity index (χ0n) is 18.9. The molecular formula is C23H26ClFN6O3. The lowest BCUT2D eigenvalue weighted by Crippen LogP contribution is -2.64. The van der Waals surface area contributed by atoms with Gasteiger partial charge in [-0.15, -0.1) is 0 Å². The molecule has 2 bridgehead atoms. The Morgan fingerprint density at radius 2 is 2.09 bits per heavy atom. The van der Waals surface area contributed by atoms with Crippen LogP contribution in [0, 0.1) is 24.6 Å². The van der Waals surface area contributed by atoms with E-state index in [-0.39, 0.29) is 28.8 Å². The van der Waals surface area contributed by atoms with Gasteiger partial charge in [0.05, 0.1) is 5.02 Å². The topological polar surface area (TPSA) is 112 Å². The number of ether oxygens (including phenoxy) is 1. The number of carbonyl (C=O) groups excluding carboxylic acids is 2. The third-order valence-electron chi connectivity index (χ3n) is 6.96. The van der Waals surface area contributed by atoms with Crippen molar-refractivity contribution in [1.29, 1.82) is 0 Å². The first-order chi connectivity index (χ1) is 16.3. The monoisotopic (exact) mass is 488 g/mol. The number of rotatable bonds is 5. The molecule has 2 fully saturated rings. The van der Waals surface area contributed by atoms with Gasteiger partial charge in [0.2, 0.25) is 0 Å². The van der Waals surface area contributed by atoms with Gasteiger partial charge in [-0.25, -0.2) is 14.6 Å². The van der Waals surface area contributed by atoms with E-state index in [1.807, 2.05) is 13.8 Å². The lowest BCUT2D eigenvalue weighted by atomic mass is 9.74. The normalized spacial score (nSPS) is 27.2. The second-order valence-electron chi connectivity index (χ2n) is 9.38. The number of hydrazone groups is 1. The van der Waals surface area contributed by atoms with Crippen LogP contribution in [0.3, 0.4) is 0 Å². The van der Waals surface area contributed by atoms with Gasteiger partial charge in [-0.05, 0) is 51.0 Å². The standard InChI is InChI=1S/C23H26ClFN6O3/c1-12-7-19(28-27-12)21(32)26-13(2)9-31-10-14-3-4-15(11-31)23(14)20(29-30-22(33)34-23)17-6-5-16(25)8-18(17)24/h5-8,13-15H,3-4,9-11H2,1-2H3,(H,26,32)(H,27,28)(H,30,33)/t13-,14-,15+,23?/m0/s1. The van der Waals surface area contributed by atoms with Crippen LogP contribution in [0.1, 0.15) is 41.5 Å². The Balaban J connectivity index is 1.33. The van der Waals surface area contributed by atoms with Crippen molar-refractivity contribution < 1.29 is 18.7 Å². The zero-order valence-corrected chi connectivity index (χ0v) is 19.7. The number of nitrogens with one attached hydrogen (secondary N) is 3. The van der Waals surface area contributed by atoms with Crippen LogP contribution >= 0.6 is 11.6 Å². The summed E-state index contributed by atoms with van der Waals surface area (Å²) in [5, 5.41) is 14.4. The van der Waals surface area contributed by atoms with Gasteiger partial charge in [-0.2, -0.15) is 10.2 Å². The van der Waals surface area contributed by atoms with Crippen LogP contribution in [0.2, 0.25) is 5.02 Å². The smallest absolute Gasteiger partial charge is 0.428 e. The fourth-order valence-corrected chi connectivity index (χ4v) is 5.91. The Morgan fingerprint density at radius 1 is 1.35 bits per heavy atom. The maximum absolute atomic E-state index is 13.7. The summed E-state index contributed by atoms with van der Waals surface area (Å²) in [6.07, 6.45) is 1.13. The van der Waals surface area contributed by atoms with Gasteiger partial charge in [-0.3, -0.25) is 9.89 Å². The molecule has 1 spiro atoms. The van der Waals surface area contributed by atoms with Crippen molar-refractivity contribution >= 4 is 29.3 Å². The summed E-state index contributed by atoms with van der Waals surface area (Å²) in [5.41, 5.74) is 3.77. The van der Waals surface area contributed by atoms with E-state index in [2.05, 4.69) is 30.9 Å². The highest BCUT2D eigenvalue weighted by atomic mass is 35.5. The number of nitrogens with zero attached hydrogens (tertiary/aromatic N) is 3. The number of benzene rings is 1. The molecule has 11 heteroatoms. The van der Waals surface area contributed by atoms with Gasteiger partial charge >= 0.3 is 6.09 Å². The summed E-state index contributed by atoms with van der Waals surface area (Å²) in [6, 6.07) is 5.76. The number of hydrogen-bond donors (Lipinski definition) is 3. The van der Waals surface area contributed by atoms with Gasteiger partial charge < -0.3 is 15.0 Å². The van der Waals surface area contributed by atoms with Crippen LogP contribution in [-0.2, 0) is 4.74 Å². The summed E-state index contributed by atoms with van der Waals surface area (Å²) in [7, 11) is 0. The van der Waals surface area contributed by atoms with E-state index < -0.39 is 17.5 Å². The molecule has 3 N–H and O–H groups in total. The molecule has 3 aliphatic rings. The van der Waals surface area contributed by atoms with E-state index in [0.29, 0.717) is 36.6 Å². The first kappa shape index (κ1) is 22.8. The van der Waals surface area contributed by atoms with Crippen molar-refractivity contribution in [2.45, 2.75) is 38.3 Å². The van der Waals surface area contributed by atoms with Crippen molar-refractivity contribution in [2.24, 2.45) is 16.9 Å². The Morgan fingerprint density at radius 3 is 2.74 bits per heavy atom. The second-order valence-corrected chi connectivity index (χ2v) is 9.79. The highest BCUT2D eigenvalue weighted by Crippen LogP contribution is 2.51. The van der Waals surface area contributed by atoms with Gasteiger partial charge in [0.1, 0.15) is 17.2 Å². The largest absolute Gasteiger partial charge is 0.434 e. The predicted octanol–water partition coefficient (Wildman–Crippen LogP) is 2.85. The molecule has 4 atom stereocenters. The molecule has 3 heterocycles. The van der Waals surface area contributed by atoms with Crippen molar-refractivity contribution in [3.63, 3.8) is 0 Å². The van der Waals surface area contributed by atoms with Crippen LogP contribution in [0.5, 0.6) is 0 Å². The molecule has 1 saturated carbocycles. The molecule has 1 aromatic heterocycles. The third kappa shape index (κ3) is 3.94. The molecule has 5 rings (SSSR count). The van der Waals surface area contributed by atoms with Crippen LogP contribution < -0.4 is 10.7 Å². The summed E-state index contributed by atoms with van der Waals surface area (Å²) in [4.78, 5) is 27.0. The summed E-state index contributed by atoms with van der Waals surface area (Å²) in [6.45, 7) is 5.79. The van der Waals surface area contributed by atoms with E-state index in [1.165, 1.54) is 12.1 Å². The van der Waals surface area contributed by atoms with Crippen LogP contribution in [0.25, 0.3) is 0 Å². The van der Waals surface area contributed by atoms with Crippen molar-refractivity contribution in [2.75, 3.05) is 19.6 Å². The molecule has 2 amide bonds. The number of halogens is 2. The zero-order chi connectivity index (χ0) is 24.0. The lowest BCUT2D eigenvalue weighted by Gasteiger charge is -2.48. The number of aromatic amines is 1. The molecular weight excluding hydrogens is 463 g/mol. The molecule has 1 unspecified atom stereocenters. The first-order valence-electron chi connectivity index (χ1n) is 11.3. The van der Waals surface area contributed by atoms with E-state index >= 15 is 0 Å². The molecule has 1 saturated heterocycles. The van der Waals surface area contributed by atoms with Crippen LogP contribution in [0.4, 0.5) is 9.18 Å². The predicted molar refractivity (Wildman–Crippen MR) is 123 cm³/mol. The molecule has 1 aliphatic carbocycles. The fraction of sp³-hybridized carbons (Fsp3) is 0.478. The molecule has 0 radical (unpaired) electrons. The summed E-state index contributed by atoms with van der Waals surface area (Å²) in [5.74, 6) is -0.674. The van der Waals surface area contributed by atoms with Gasteiger partial charge in [0.15, 0.2) is 5.60 Å².